The zero-order valence-electron chi connectivity index (χ0n) is 33.6. The van der Waals surface area contributed by atoms with E-state index >= 15 is 0 Å². The van der Waals surface area contributed by atoms with E-state index in [9.17, 15) is 28.0 Å². The zero-order chi connectivity index (χ0) is 40.9. The van der Waals surface area contributed by atoms with Gasteiger partial charge in [0.1, 0.15) is 17.2 Å². The molecule has 2 aromatic carbocycles. The van der Waals surface area contributed by atoms with Crippen LogP contribution in [0.15, 0.2) is 41.0 Å². The second-order valence-electron chi connectivity index (χ2n) is 13.9. The molecule has 2 aromatic rings. The van der Waals surface area contributed by atoms with Crippen LogP contribution in [0, 0.1) is 38.3 Å². The van der Waals surface area contributed by atoms with Crippen LogP contribution in [-0.4, -0.2) is 74.4 Å². The molecule has 1 aliphatic rings. The highest BCUT2D eigenvalue weighted by Gasteiger charge is 2.28. The standard InChI is InChI=1S/C21H23F2NO3.C12H19N3O3.C4H10.C3H9N/c1-5-27-19(26)10-18(24-11-25)17-9-15(6-14(4)21(17)23)20-12(2)7-16(22)8-13(20)3;1-12(2,3)18-11(17)15-5-4-9(6-13)10(7-15)14-8-16;1-4(2)3;1-3-4-2/h6-9,11,18H,5,10H2,1-4H3,(H,24,25);6,8H,4-5,7,13H2,1-3H3;4H,1-3H3;4H,3H2,1-2H3/b;9-6-,14-10?;;. The van der Waals surface area contributed by atoms with E-state index in [-0.39, 0.29) is 31.0 Å². The minimum Gasteiger partial charge on any atom is -0.466 e. The highest BCUT2D eigenvalue weighted by molar-refractivity contribution is 6.06. The average Bonchev–Trinajstić information content (AvgIpc) is 3.05. The van der Waals surface area contributed by atoms with E-state index in [1.54, 1.807) is 60.6 Å². The van der Waals surface area contributed by atoms with Crippen molar-refractivity contribution in [3.63, 3.8) is 0 Å². The van der Waals surface area contributed by atoms with Gasteiger partial charge in [-0.15, -0.1) is 0 Å². The Morgan fingerprint density at radius 3 is 2.04 bits per heavy atom. The van der Waals surface area contributed by atoms with E-state index in [1.165, 1.54) is 23.2 Å². The Hall–Kier alpha value is -4.65. The van der Waals surface area contributed by atoms with Gasteiger partial charge in [0.25, 0.3) is 0 Å². The van der Waals surface area contributed by atoms with Gasteiger partial charge in [-0.25, -0.2) is 18.6 Å². The molecule has 1 heterocycles. The monoisotopic (exact) mass is 745 g/mol. The molecule has 1 unspecified atom stereocenters. The summed E-state index contributed by atoms with van der Waals surface area (Å²) in [6.07, 6.45) is 2.29. The Morgan fingerprint density at radius 2 is 1.58 bits per heavy atom. The maximum atomic E-state index is 14.8. The molecule has 0 spiro atoms. The molecule has 0 aliphatic carbocycles. The largest absolute Gasteiger partial charge is 0.466 e. The minimum absolute atomic E-state index is 0.187. The lowest BCUT2D eigenvalue weighted by Crippen LogP contribution is -2.44. The smallest absolute Gasteiger partial charge is 0.410 e. The van der Waals surface area contributed by atoms with Gasteiger partial charge in [0.15, 0.2) is 0 Å². The number of amides is 3. The van der Waals surface area contributed by atoms with E-state index < -0.39 is 29.5 Å². The molecule has 1 atom stereocenters. The quantitative estimate of drug-likeness (QED) is 0.179. The number of rotatable bonds is 9. The number of likely N-dealkylation sites (tertiary alicyclic amines) is 1. The van der Waals surface area contributed by atoms with Crippen LogP contribution in [0.3, 0.4) is 0 Å². The lowest BCUT2D eigenvalue weighted by Gasteiger charge is -2.31. The molecule has 11 nitrogen and oxygen atoms in total. The Labute approximate surface area is 314 Å². The number of aryl methyl sites for hydroxylation is 3. The summed E-state index contributed by atoms with van der Waals surface area (Å²) < 4.78 is 38.6. The van der Waals surface area contributed by atoms with Crippen LogP contribution in [-0.2, 0) is 23.9 Å². The molecule has 4 N–H and O–H groups in total. The van der Waals surface area contributed by atoms with Crippen molar-refractivity contribution in [1.29, 1.82) is 0 Å². The molecule has 0 saturated carbocycles. The zero-order valence-corrected chi connectivity index (χ0v) is 33.6. The molecule has 0 radical (unpaired) electrons. The first-order chi connectivity index (χ1) is 24.8. The second-order valence-corrected chi connectivity index (χ2v) is 13.9. The van der Waals surface area contributed by atoms with Crippen LogP contribution in [0.25, 0.3) is 11.1 Å². The third-order valence-electron chi connectivity index (χ3n) is 7.17. The van der Waals surface area contributed by atoms with E-state index in [0.29, 0.717) is 42.6 Å². The number of nitrogens with two attached hydrogens (primary N) is 1. The summed E-state index contributed by atoms with van der Waals surface area (Å²) in [5, 5.41) is 5.42. The number of esters is 1. The first-order valence-corrected chi connectivity index (χ1v) is 17.8. The van der Waals surface area contributed by atoms with Crippen molar-refractivity contribution in [2.75, 3.05) is 33.3 Å². The first kappa shape index (κ1) is 48.3. The maximum absolute atomic E-state index is 14.8. The molecule has 53 heavy (non-hydrogen) atoms. The van der Waals surface area contributed by atoms with Crippen LogP contribution in [0.1, 0.15) is 96.5 Å². The topological polar surface area (TPSA) is 152 Å². The lowest BCUT2D eigenvalue weighted by atomic mass is 9.90. The van der Waals surface area contributed by atoms with Gasteiger partial charge in [0.2, 0.25) is 12.8 Å². The Balaban J connectivity index is 0.000000891. The van der Waals surface area contributed by atoms with Gasteiger partial charge < -0.3 is 30.7 Å². The summed E-state index contributed by atoms with van der Waals surface area (Å²) in [4.78, 5) is 50.4. The number of hydrogen-bond acceptors (Lipinski definition) is 8. The first-order valence-electron chi connectivity index (χ1n) is 17.8. The highest BCUT2D eigenvalue weighted by atomic mass is 19.1. The van der Waals surface area contributed by atoms with Crippen molar-refractivity contribution in [3.05, 3.63) is 69.9 Å². The van der Waals surface area contributed by atoms with E-state index in [2.05, 4.69) is 43.3 Å². The van der Waals surface area contributed by atoms with Gasteiger partial charge in [-0.2, -0.15) is 0 Å². The summed E-state index contributed by atoms with van der Waals surface area (Å²) in [6, 6.07) is 5.24. The number of piperidine rings is 1. The van der Waals surface area contributed by atoms with Crippen LogP contribution in [0.4, 0.5) is 13.6 Å². The number of nitrogens with zero attached hydrogens (tertiary/aromatic N) is 2. The molecule has 0 aromatic heterocycles. The van der Waals surface area contributed by atoms with Crippen LogP contribution >= 0.6 is 0 Å². The van der Waals surface area contributed by atoms with Gasteiger partial charge >= 0.3 is 12.1 Å². The van der Waals surface area contributed by atoms with Gasteiger partial charge in [-0.05, 0) is 138 Å². The molecule has 3 rings (SSSR count). The number of benzene rings is 2. The molecule has 1 fully saturated rings. The Kier molecular flexibility index (Phi) is 22.4. The van der Waals surface area contributed by atoms with Gasteiger partial charge in [0, 0.05) is 12.1 Å². The molecule has 1 saturated heterocycles. The molecule has 296 valence electrons. The number of carbonyl (C=O) groups excluding carboxylic acids is 4. The average molecular weight is 746 g/mol. The van der Waals surface area contributed by atoms with Gasteiger partial charge in [0.05, 0.1) is 31.3 Å². The lowest BCUT2D eigenvalue weighted by molar-refractivity contribution is -0.143. The van der Waals surface area contributed by atoms with Crippen LogP contribution < -0.4 is 16.4 Å². The summed E-state index contributed by atoms with van der Waals surface area (Å²) in [5.74, 6) is -0.538. The van der Waals surface area contributed by atoms with Crippen LogP contribution in [0.5, 0.6) is 0 Å². The molecule has 0 bridgehead atoms. The minimum atomic E-state index is -0.860. The number of hydrogen-bond donors (Lipinski definition) is 3. The second kappa shape index (κ2) is 24.6. The number of ether oxygens (including phenoxy) is 2. The van der Waals surface area contributed by atoms with E-state index in [4.69, 9.17) is 15.2 Å². The highest BCUT2D eigenvalue weighted by Crippen LogP contribution is 2.33. The third kappa shape index (κ3) is 18.1. The SMILES string of the molecule is CC(C)(C)OC(=O)N1CC/C(=C/N)C(=NC=O)C1.CC(C)C.CCNC.CCOC(=O)CC(NC=O)c1cc(-c2c(C)cc(F)cc2C)cc(C)c1F. The fourth-order valence-corrected chi connectivity index (χ4v) is 4.90. The predicted molar refractivity (Wildman–Crippen MR) is 208 cm³/mol. The summed E-state index contributed by atoms with van der Waals surface area (Å²) in [7, 11) is 1.93. The van der Waals surface area contributed by atoms with Crippen molar-refractivity contribution in [2.24, 2.45) is 16.6 Å². The van der Waals surface area contributed by atoms with Gasteiger partial charge in [-0.3, -0.25) is 14.4 Å². The fourth-order valence-electron chi connectivity index (χ4n) is 4.90. The number of nitrogens with one attached hydrogen (secondary N) is 2. The van der Waals surface area contributed by atoms with Crippen molar-refractivity contribution < 1.29 is 37.4 Å². The number of carbonyl (C=O) groups is 4. The van der Waals surface area contributed by atoms with E-state index in [1.807, 2.05) is 7.05 Å². The Bertz CT molecular complexity index is 1520. The number of aliphatic imine (C=N–C) groups is 1. The molecule has 13 heteroatoms. The van der Waals surface area contributed by atoms with Crippen molar-refractivity contribution in [1.82, 2.24) is 15.5 Å². The van der Waals surface area contributed by atoms with Crippen molar-refractivity contribution in [3.8, 4) is 11.1 Å². The molecular weight excluding hydrogens is 684 g/mol. The Morgan fingerprint density at radius 1 is 1.02 bits per heavy atom. The van der Waals surface area contributed by atoms with Crippen molar-refractivity contribution >= 4 is 30.6 Å². The molecule has 3 amide bonds. The predicted octanol–water partition coefficient (Wildman–Crippen LogP) is 7.25. The third-order valence-corrected chi connectivity index (χ3v) is 7.17. The van der Waals surface area contributed by atoms with Crippen LogP contribution in [0.2, 0.25) is 0 Å². The molecule has 1 aliphatic heterocycles. The van der Waals surface area contributed by atoms with Crippen molar-refractivity contribution in [2.45, 2.75) is 101 Å². The summed E-state index contributed by atoms with van der Waals surface area (Å²) >= 11 is 0. The number of halogens is 2. The fraction of sp³-hybridized carbons (Fsp3) is 0.525. The normalized spacial score (nSPS) is 14.4. The summed E-state index contributed by atoms with van der Waals surface area (Å²) in [5.41, 5.74) is 9.71. The van der Waals surface area contributed by atoms with E-state index in [0.717, 1.165) is 34.7 Å². The maximum Gasteiger partial charge on any atom is 0.410 e. The van der Waals surface area contributed by atoms with Gasteiger partial charge in [-0.1, -0.05) is 27.7 Å². The molecular formula is C40H61F2N5O6. The summed E-state index contributed by atoms with van der Waals surface area (Å²) in [6.45, 7) is 22.9.